The molecule has 0 radical (unpaired) electrons. The maximum Gasteiger partial charge on any atom is 0.490 e. The molecule has 1 spiro atoms. The highest BCUT2D eigenvalue weighted by molar-refractivity contribution is 6.30. The number of nitrogens with zero attached hydrogens (tertiary/aromatic N) is 1. The number of nitrogens with one attached hydrogen (secondary N) is 1. The highest BCUT2D eigenvalue weighted by Gasteiger charge is 2.42. The van der Waals surface area contributed by atoms with E-state index in [4.69, 9.17) is 31.0 Å². The second-order valence-corrected chi connectivity index (χ2v) is 9.17. The van der Waals surface area contributed by atoms with Crippen molar-refractivity contribution in [3.8, 4) is 11.5 Å². The zero-order chi connectivity index (χ0) is 26.3. The average molecular weight is 529 g/mol. The Kier molecular flexibility index (Phi) is 9.08. The Morgan fingerprint density at radius 2 is 1.86 bits per heavy atom. The summed E-state index contributed by atoms with van der Waals surface area (Å²) in [6.07, 6.45) is -1.12. The fourth-order valence-corrected chi connectivity index (χ4v) is 4.42. The summed E-state index contributed by atoms with van der Waals surface area (Å²) in [4.78, 5) is 22.7. The van der Waals surface area contributed by atoms with Crippen LogP contribution in [-0.4, -0.2) is 59.9 Å². The van der Waals surface area contributed by atoms with Gasteiger partial charge in [0.05, 0.1) is 12.3 Å². The van der Waals surface area contributed by atoms with Crippen molar-refractivity contribution < 1.29 is 37.3 Å². The van der Waals surface area contributed by atoms with Crippen LogP contribution in [0.1, 0.15) is 31.7 Å². The quantitative estimate of drug-likeness (QED) is 0.503. The number of fused-ring (bicyclic) bond motifs is 1. The summed E-state index contributed by atoms with van der Waals surface area (Å²) in [7, 11) is 0. The molecule has 1 amide bonds. The molecule has 4 rings (SSSR count). The van der Waals surface area contributed by atoms with Crippen LogP contribution in [0, 0.1) is 0 Å². The number of ether oxygens (including phenoxy) is 2. The molecule has 1 saturated heterocycles. The fraction of sp³-hybridized carbons (Fsp3) is 0.440. The van der Waals surface area contributed by atoms with Crippen molar-refractivity contribution in [1.82, 2.24) is 4.90 Å². The Bertz CT molecular complexity index is 1070. The van der Waals surface area contributed by atoms with Crippen LogP contribution in [0.5, 0.6) is 11.5 Å². The first-order chi connectivity index (χ1) is 17.0. The number of carboxylic acids is 1. The minimum Gasteiger partial charge on any atom is -0.491 e. The second kappa shape index (κ2) is 11.8. The van der Waals surface area contributed by atoms with E-state index in [1.165, 1.54) is 12.5 Å². The van der Waals surface area contributed by atoms with Gasteiger partial charge in [0.15, 0.2) is 0 Å². The third-order valence-corrected chi connectivity index (χ3v) is 6.18. The van der Waals surface area contributed by atoms with E-state index in [2.05, 4.69) is 10.2 Å². The summed E-state index contributed by atoms with van der Waals surface area (Å²) in [5.74, 6) is -1.14. The van der Waals surface area contributed by atoms with Crippen molar-refractivity contribution >= 4 is 29.2 Å². The van der Waals surface area contributed by atoms with Gasteiger partial charge in [-0.05, 0) is 42.3 Å². The molecule has 7 nitrogen and oxygen atoms in total. The zero-order valence-electron chi connectivity index (χ0n) is 19.7. The number of para-hydroxylation sites is 2. The van der Waals surface area contributed by atoms with E-state index in [0.29, 0.717) is 6.61 Å². The number of hydrogen-bond donors (Lipinski definition) is 2. The van der Waals surface area contributed by atoms with Gasteiger partial charge < -0.3 is 24.8 Å². The number of carbonyl (C=O) groups excluding carboxylic acids is 1. The normalized spacial score (nSPS) is 16.4. The van der Waals surface area contributed by atoms with Gasteiger partial charge in [0.25, 0.3) is 0 Å². The minimum absolute atomic E-state index is 0.0582. The first kappa shape index (κ1) is 27.6. The number of piperidine rings is 1. The van der Waals surface area contributed by atoms with Gasteiger partial charge in [-0.25, -0.2) is 4.79 Å². The van der Waals surface area contributed by atoms with E-state index in [0.717, 1.165) is 67.5 Å². The summed E-state index contributed by atoms with van der Waals surface area (Å²) < 4.78 is 44.0. The standard InChI is InChI=1S/C23H27ClN2O3.C2HF3O2/c1-17(27)25-20-5-2-3-6-22(20)28-14-4-11-26-12-9-23(10-13-26)16-18-15-19(24)7-8-21(18)29-23;3-2(4,5)1(6)7/h2-3,5-8,15H,4,9-14,16H2,1H3,(H,25,27);(H,6,7). The van der Waals surface area contributed by atoms with Gasteiger partial charge in [-0.1, -0.05) is 23.7 Å². The molecular formula is C25H28ClF3N2O5. The number of carboxylic acid groups (broad SMARTS) is 1. The molecule has 1 fully saturated rings. The zero-order valence-corrected chi connectivity index (χ0v) is 20.5. The third-order valence-electron chi connectivity index (χ3n) is 5.95. The predicted octanol–water partition coefficient (Wildman–Crippen LogP) is 5.17. The number of aliphatic carboxylic acids is 1. The van der Waals surface area contributed by atoms with E-state index < -0.39 is 12.1 Å². The number of halogens is 4. The Balaban J connectivity index is 0.000000454. The second-order valence-electron chi connectivity index (χ2n) is 8.74. The number of likely N-dealkylation sites (tertiary alicyclic amines) is 1. The molecule has 196 valence electrons. The van der Waals surface area contributed by atoms with Crippen LogP contribution in [0.3, 0.4) is 0 Å². The Hall–Kier alpha value is -2.98. The molecule has 2 aliphatic heterocycles. The van der Waals surface area contributed by atoms with Gasteiger partial charge in [-0.3, -0.25) is 4.79 Å². The molecule has 2 aromatic carbocycles. The number of anilines is 1. The molecule has 2 heterocycles. The minimum atomic E-state index is -5.08. The molecule has 0 aromatic heterocycles. The Morgan fingerprint density at radius 3 is 2.50 bits per heavy atom. The maximum atomic E-state index is 11.3. The molecule has 2 aromatic rings. The van der Waals surface area contributed by atoms with Crippen LogP contribution in [0.4, 0.5) is 18.9 Å². The molecule has 11 heteroatoms. The number of benzene rings is 2. The van der Waals surface area contributed by atoms with E-state index >= 15 is 0 Å². The lowest BCUT2D eigenvalue weighted by Crippen LogP contribution is -2.47. The number of rotatable bonds is 6. The molecule has 0 aliphatic carbocycles. The lowest BCUT2D eigenvalue weighted by molar-refractivity contribution is -0.192. The summed E-state index contributed by atoms with van der Waals surface area (Å²) in [6.45, 7) is 5.19. The van der Waals surface area contributed by atoms with Crippen molar-refractivity contribution in [2.75, 3.05) is 31.6 Å². The molecule has 2 aliphatic rings. The van der Waals surface area contributed by atoms with Gasteiger partial charge in [0.2, 0.25) is 5.91 Å². The van der Waals surface area contributed by atoms with Gasteiger partial charge in [-0.2, -0.15) is 13.2 Å². The largest absolute Gasteiger partial charge is 0.491 e. The molecule has 0 atom stereocenters. The highest BCUT2D eigenvalue weighted by atomic mass is 35.5. The summed E-state index contributed by atoms with van der Waals surface area (Å²) in [6, 6.07) is 13.5. The SMILES string of the molecule is CC(=O)Nc1ccccc1OCCCN1CCC2(CC1)Cc1cc(Cl)ccc1O2.O=C(O)C(F)(F)F. The van der Waals surface area contributed by atoms with Crippen LogP contribution in [0.25, 0.3) is 0 Å². The molecule has 2 N–H and O–H groups in total. The third kappa shape index (κ3) is 7.76. The van der Waals surface area contributed by atoms with Crippen LogP contribution in [-0.2, 0) is 16.0 Å². The van der Waals surface area contributed by atoms with Gasteiger partial charge in [0.1, 0.15) is 17.1 Å². The molecule has 36 heavy (non-hydrogen) atoms. The van der Waals surface area contributed by atoms with Crippen LogP contribution < -0.4 is 14.8 Å². The number of amides is 1. The summed E-state index contributed by atoms with van der Waals surface area (Å²) >= 11 is 6.13. The van der Waals surface area contributed by atoms with Crippen LogP contribution in [0.2, 0.25) is 5.02 Å². The maximum absolute atomic E-state index is 11.3. The summed E-state index contributed by atoms with van der Waals surface area (Å²) in [5, 5.41) is 10.7. The van der Waals surface area contributed by atoms with Crippen molar-refractivity contribution in [2.24, 2.45) is 0 Å². The number of carbonyl (C=O) groups is 2. The van der Waals surface area contributed by atoms with Crippen molar-refractivity contribution in [3.05, 3.63) is 53.1 Å². The Morgan fingerprint density at radius 1 is 1.19 bits per heavy atom. The van der Waals surface area contributed by atoms with Crippen LogP contribution >= 0.6 is 11.6 Å². The average Bonchev–Trinajstić information content (AvgIpc) is 3.15. The first-order valence-electron chi connectivity index (χ1n) is 11.5. The van der Waals surface area contributed by atoms with E-state index in [-0.39, 0.29) is 11.5 Å². The fourth-order valence-electron chi connectivity index (χ4n) is 4.22. The van der Waals surface area contributed by atoms with E-state index in [1.54, 1.807) is 0 Å². The smallest absolute Gasteiger partial charge is 0.490 e. The molecule has 0 bridgehead atoms. The topological polar surface area (TPSA) is 88.1 Å². The van der Waals surface area contributed by atoms with Crippen LogP contribution in [0.15, 0.2) is 42.5 Å². The van der Waals surface area contributed by atoms with Gasteiger partial charge >= 0.3 is 12.1 Å². The van der Waals surface area contributed by atoms with Crippen molar-refractivity contribution in [1.29, 1.82) is 0 Å². The molecule has 0 unspecified atom stereocenters. The van der Waals surface area contributed by atoms with Gasteiger partial charge in [-0.15, -0.1) is 0 Å². The first-order valence-corrected chi connectivity index (χ1v) is 11.8. The molecular weight excluding hydrogens is 501 g/mol. The van der Waals surface area contributed by atoms with E-state index in [1.807, 2.05) is 42.5 Å². The monoisotopic (exact) mass is 528 g/mol. The van der Waals surface area contributed by atoms with Crippen molar-refractivity contribution in [2.45, 2.75) is 44.4 Å². The number of alkyl halides is 3. The van der Waals surface area contributed by atoms with Crippen molar-refractivity contribution in [3.63, 3.8) is 0 Å². The number of hydrogen-bond acceptors (Lipinski definition) is 5. The summed E-state index contributed by atoms with van der Waals surface area (Å²) in [5.41, 5.74) is 1.90. The van der Waals surface area contributed by atoms with Gasteiger partial charge in [0, 0.05) is 50.8 Å². The highest BCUT2D eigenvalue weighted by Crippen LogP contribution is 2.41. The lowest BCUT2D eigenvalue weighted by atomic mass is 9.87. The molecule has 0 saturated carbocycles. The van der Waals surface area contributed by atoms with E-state index in [9.17, 15) is 18.0 Å². The predicted molar refractivity (Wildman–Crippen MR) is 129 cm³/mol. The lowest BCUT2D eigenvalue weighted by Gasteiger charge is -2.38. The Labute approximate surface area is 212 Å².